The van der Waals surface area contributed by atoms with E-state index in [0.29, 0.717) is 13.2 Å². The van der Waals surface area contributed by atoms with Gasteiger partial charge in [0.25, 0.3) is 0 Å². The van der Waals surface area contributed by atoms with Crippen LogP contribution >= 0.6 is 0 Å². The molecule has 1 atom stereocenters. The second-order valence-corrected chi connectivity index (χ2v) is 5.68. The van der Waals surface area contributed by atoms with Crippen LogP contribution in [0.4, 0.5) is 0 Å². The van der Waals surface area contributed by atoms with Gasteiger partial charge in [-0.25, -0.2) is 0 Å². The Bertz CT molecular complexity index is 680. The number of benzene rings is 2. The highest BCUT2D eigenvalue weighted by atomic mass is 16.5. The molecule has 0 unspecified atom stereocenters. The van der Waals surface area contributed by atoms with Crippen molar-refractivity contribution in [3.8, 4) is 23.0 Å². The van der Waals surface area contributed by atoms with Crippen LogP contribution in [0.25, 0.3) is 0 Å². The Balaban J connectivity index is 1.71. The summed E-state index contributed by atoms with van der Waals surface area (Å²) in [6.07, 6.45) is 0.893. The van der Waals surface area contributed by atoms with Gasteiger partial charge in [-0.1, -0.05) is 18.2 Å². The van der Waals surface area contributed by atoms with E-state index in [2.05, 4.69) is 11.4 Å². The van der Waals surface area contributed by atoms with Crippen LogP contribution in [-0.2, 0) is 13.0 Å². The van der Waals surface area contributed by atoms with E-state index in [1.54, 1.807) is 21.3 Å². The molecule has 1 heterocycles. The number of hydrogen-bond donors (Lipinski definition) is 1. The number of ether oxygens (including phenoxy) is 4. The quantitative estimate of drug-likeness (QED) is 0.883. The standard InChI is InChI=1S/C19H23NO4/c1-21-16-7-5-8-17(22-2)15(16)11-20-14-10-13-6-4-9-18(23-3)19(13)24-12-14/h4-9,14,20H,10-12H2,1-3H3/t14-/m1/s1. The number of methoxy groups -OCH3 is 3. The Morgan fingerprint density at radius 3 is 2.25 bits per heavy atom. The molecule has 1 aliphatic heterocycles. The van der Waals surface area contributed by atoms with Gasteiger partial charge < -0.3 is 24.3 Å². The molecule has 0 radical (unpaired) electrons. The summed E-state index contributed by atoms with van der Waals surface area (Å²) < 4.78 is 22.2. The first-order valence-electron chi connectivity index (χ1n) is 7.98. The van der Waals surface area contributed by atoms with Gasteiger partial charge in [-0.3, -0.25) is 0 Å². The SMILES string of the molecule is COc1cccc(OC)c1CN[C@H]1COc2c(cccc2OC)C1. The molecule has 5 heteroatoms. The van der Waals surface area contributed by atoms with Crippen LogP contribution in [0.15, 0.2) is 36.4 Å². The van der Waals surface area contributed by atoms with E-state index < -0.39 is 0 Å². The van der Waals surface area contributed by atoms with Crippen LogP contribution < -0.4 is 24.3 Å². The molecule has 128 valence electrons. The Labute approximate surface area is 142 Å². The van der Waals surface area contributed by atoms with Gasteiger partial charge in [-0.05, 0) is 30.2 Å². The first-order valence-corrected chi connectivity index (χ1v) is 7.98. The van der Waals surface area contributed by atoms with Gasteiger partial charge in [-0.2, -0.15) is 0 Å². The molecule has 0 aromatic heterocycles. The maximum Gasteiger partial charge on any atom is 0.164 e. The highest BCUT2D eigenvalue weighted by Crippen LogP contribution is 2.35. The Hall–Kier alpha value is -2.40. The van der Waals surface area contributed by atoms with E-state index in [4.69, 9.17) is 18.9 Å². The van der Waals surface area contributed by atoms with Crippen molar-refractivity contribution < 1.29 is 18.9 Å². The van der Waals surface area contributed by atoms with Gasteiger partial charge in [0, 0.05) is 18.2 Å². The third kappa shape index (κ3) is 3.26. The first kappa shape index (κ1) is 16.5. The number of hydrogen-bond acceptors (Lipinski definition) is 5. The van der Waals surface area contributed by atoms with Crippen LogP contribution in [-0.4, -0.2) is 34.0 Å². The van der Waals surface area contributed by atoms with E-state index in [1.807, 2.05) is 30.3 Å². The largest absolute Gasteiger partial charge is 0.496 e. The van der Waals surface area contributed by atoms with Gasteiger partial charge in [0.15, 0.2) is 11.5 Å². The average molecular weight is 329 g/mol. The number of nitrogens with one attached hydrogen (secondary N) is 1. The molecule has 1 aliphatic rings. The summed E-state index contributed by atoms with van der Waals surface area (Å²) in [6, 6.07) is 12.0. The van der Waals surface area contributed by atoms with Gasteiger partial charge >= 0.3 is 0 Å². The second-order valence-electron chi connectivity index (χ2n) is 5.68. The number of fused-ring (bicyclic) bond motifs is 1. The molecule has 2 aromatic carbocycles. The highest BCUT2D eigenvalue weighted by molar-refractivity contribution is 5.48. The number of para-hydroxylation sites is 1. The molecule has 0 fully saturated rings. The van der Waals surface area contributed by atoms with Gasteiger partial charge in [-0.15, -0.1) is 0 Å². The molecule has 5 nitrogen and oxygen atoms in total. The molecular formula is C19H23NO4. The maximum atomic E-state index is 5.91. The summed E-state index contributed by atoms with van der Waals surface area (Å²) in [6.45, 7) is 1.26. The predicted octanol–water partition coefficient (Wildman–Crippen LogP) is 2.81. The summed E-state index contributed by atoms with van der Waals surface area (Å²) in [4.78, 5) is 0. The minimum absolute atomic E-state index is 0.222. The van der Waals surface area contributed by atoms with E-state index in [9.17, 15) is 0 Å². The molecule has 24 heavy (non-hydrogen) atoms. The van der Waals surface area contributed by atoms with Crippen molar-refractivity contribution in [1.29, 1.82) is 0 Å². The molecule has 1 N–H and O–H groups in total. The van der Waals surface area contributed by atoms with Crippen molar-refractivity contribution in [3.63, 3.8) is 0 Å². The van der Waals surface area contributed by atoms with E-state index in [0.717, 1.165) is 40.5 Å². The van der Waals surface area contributed by atoms with Crippen LogP contribution in [0, 0.1) is 0 Å². The lowest BCUT2D eigenvalue weighted by Gasteiger charge is -2.27. The fourth-order valence-corrected chi connectivity index (χ4v) is 3.03. The lowest BCUT2D eigenvalue weighted by molar-refractivity contribution is 0.226. The van der Waals surface area contributed by atoms with E-state index in [-0.39, 0.29) is 6.04 Å². The first-order chi connectivity index (χ1) is 11.8. The fraction of sp³-hybridized carbons (Fsp3) is 0.368. The van der Waals surface area contributed by atoms with Crippen LogP contribution in [0.1, 0.15) is 11.1 Å². The Kier molecular flexibility index (Phi) is 5.11. The maximum absolute atomic E-state index is 5.91. The van der Waals surface area contributed by atoms with Crippen molar-refractivity contribution in [2.24, 2.45) is 0 Å². The third-order valence-corrected chi connectivity index (χ3v) is 4.27. The van der Waals surface area contributed by atoms with Crippen molar-refractivity contribution in [2.45, 2.75) is 19.0 Å². The van der Waals surface area contributed by atoms with Crippen LogP contribution in [0.3, 0.4) is 0 Å². The number of rotatable bonds is 6. The minimum Gasteiger partial charge on any atom is -0.496 e. The average Bonchev–Trinajstić information content (AvgIpc) is 2.65. The zero-order valence-electron chi connectivity index (χ0n) is 14.3. The lowest BCUT2D eigenvalue weighted by atomic mass is 10.0. The van der Waals surface area contributed by atoms with Crippen LogP contribution in [0.2, 0.25) is 0 Å². The molecule has 3 rings (SSSR count). The topological polar surface area (TPSA) is 49.0 Å². The van der Waals surface area contributed by atoms with Crippen molar-refractivity contribution in [3.05, 3.63) is 47.5 Å². The zero-order valence-corrected chi connectivity index (χ0v) is 14.3. The van der Waals surface area contributed by atoms with E-state index in [1.165, 1.54) is 0 Å². The van der Waals surface area contributed by atoms with Crippen molar-refractivity contribution >= 4 is 0 Å². The van der Waals surface area contributed by atoms with Crippen molar-refractivity contribution in [2.75, 3.05) is 27.9 Å². The summed E-state index contributed by atoms with van der Waals surface area (Å²) >= 11 is 0. The molecule has 0 saturated carbocycles. The molecule has 0 bridgehead atoms. The van der Waals surface area contributed by atoms with E-state index >= 15 is 0 Å². The molecule has 0 saturated heterocycles. The third-order valence-electron chi connectivity index (χ3n) is 4.27. The van der Waals surface area contributed by atoms with Crippen LogP contribution in [0.5, 0.6) is 23.0 Å². The van der Waals surface area contributed by atoms with Gasteiger partial charge in [0.1, 0.15) is 18.1 Å². The smallest absolute Gasteiger partial charge is 0.164 e. The molecule has 2 aromatic rings. The van der Waals surface area contributed by atoms with Gasteiger partial charge in [0.05, 0.1) is 21.3 Å². The normalized spacial score (nSPS) is 16.0. The molecule has 0 spiro atoms. The summed E-state index contributed by atoms with van der Waals surface area (Å²) in [5.41, 5.74) is 2.17. The lowest BCUT2D eigenvalue weighted by Crippen LogP contribution is -2.39. The summed E-state index contributed by atoms with van der Waals surface area (Å²) in [7, 11) is 5.01. The second kappa shape index (κ2) is 7.45. The highest BCUT2D eigenvalue weighted by Gasteiger charge is 2.23. The van der Waals surface area contributed by atoms with Gasteiger partial charge in [0.2, 0.25) is 0 Å². The Morgan fingerprint density at radius 1 is 0.958 bits per heavy atom. The fourth-order valence-electron chi connectivity index (χ4n) is 3.03. The minimum atomic E-state index is 0.222. The summed E-state index contributed by atoms with van der Waals surface area (Å²) in [5.74, 6) is 3.28. The predicted molar refractivity (Wildman–Crippen MR) is 92.4 cm³/mol. The van der Waals surface area contributed by atoms with Crippen molar-refractivity contribution in [1.82, 2.24) is 5.32 Å². The molecule has 0 amide bonds. The Morgan fingerprint density at radius 2 is 1.58 bits per heavy atom. The monoisotopic (exact) mass is 329 g/mol. The molecule has 0 aliphatic carbocycles. The zero-order chi connectivity index (χ0) is 16.9. The molecular weight excluding hydrogens is 306 g/mol. The summed E-state index contributed by atoms with van der Waals surface area (Å²) in [5, 5.41) is 3.54.